The number of hydrogen-bond donors (Lipinski definition) is 5. The molecule has 36 heavy (non-hydrogen) atoms. The molecule has 1 aromatic carbocycles. The summed E-state index contributed by atoms with van der Waals surface area (Å²) < 4.78 is 7.60. The van der Waals surface area contributed by atoms with Crippen LogP contribution in [0.15, 0.2) is 42.9 Å². The number of anilines is 2. The van der Waals surface area contributed by atoms with Crippen molar-refractivity contribution in [2.24, 2.45) is 0 Å². The molecule has 1 aliphatic rings. The number of nitrogens with zero attached hydrogens (tertiary/aromatic N) is 4. The monoisotopic (exact) mass is 497 g/mol. The number of ether oxygens (including phenoxy) is 1. The fraction of sp³-hybridized carbons (Fsp3) is 0.480. The summed E-state index contributed by atoms with van der Waals surface area (Å²) in [6, 6.07) is 9.22. The molecule has 2 aromatic heterocycles. The van der Waals surface area contributed by atoms with E-state index in [1.165, 1.54) is 11.9 Å². The van der Waals surface area contributed by atoms with Crippen LogP contribution in [0.25, 0.3) is 11.2 Å². The number of carbonyl (C=O) groups excluding carboxylic acids is 1. The first-order chi connectivity index (χ1) is 17.2. The van der Waals surface area contributed by atoms with E-state index in [9.17, 15) is 15.0 Å². The molecule has 11 heteroatoms. The van der Waals surface area contributed by atoms with Crippen molar-refractivity contribution in [2.75, 3.05) is 37.7 Å². The van der Waals surface area contributed by atoms with E-state index in [2.05, 4.69) is 34.4 Å². The number of nitrogens with two attached hydrogens (primary N) is 1. The molecule has 1 aliphatic heterocycles. The van der Waals surface area contributed by atoms with Crippen molar-refractivity contribution >= 4 is 28.6 Å². The Bertz CT molecular complexity index is 1170. The van der Waals surface area contributed by atoms with Crippen LogP contribution in [0.2, 0.25) is 0 Å². The van der Waals surface area contributed by atoms with Gasteiger partial charge >= 0.3 is 6.03 Å². The predicted octanol–water partition coefficient (Wildman–Crippen LogP) is 1.90. The Morgan fingerprint density at radius 1 is 1.19 bits per heavy atom. The van der Waals surface area contributed by atoms with Crippen LogP contribution in [0.4, 0.5) is 16.2 Å². The molecule has 4 rings (SSSR count). The average molecular weight is 498 g/mol. The normalized spacial score (nSPS) is 22.0. The molecule has 11 nitrogen and oxygen atoms in total. The molecule has 4 atom stereocenters. The zero-order chi connectivity index (χ0) is 25.8. The summed E-state index contributed by atoms with van der Waals surface area (Å²) in [5, 5.41) is 26.9. The number of fused-ring (bicyclic) bond motifs is 1. The topological polar surface area (TPSA) is 151 Å². The number of nitrogens with one attached hydrogen (secondary N) is 2. The molecule has 0 bridgehead atoms. The van der Waals surface area contributed by atoms with Gasteiger partial charge in [0.1, 0.15) is 23.8 Å². The Balaban J connectivity index is 1.22. The van der Waals surface area contributed by atoms with Gasteiger partial charge in [0, 0.05) is 25.0 Å². The lowest BCUT2D eigenvalue weighted by molar-refractivity contribution is -0.0421. The number of aromatic nitrogens is 3. The second-order valence-electron chi connectivity index (χ2n) is 9.54. The Morgan fingerprint density at radius 3 is 2.67 bits per heavy atom. The number of aliphatic hydroxyl groups is 2. The van der Waals surface area contributed by atoms with Crippen molar-refractivity contribution in [2.45, 2.75) is 50.7 Å². The van der Waals surface area contributed by atoms with Crippen molar-refractivity contribution in [3.63, 3.8) is 0 Å². The van der Waals surface area contributed by atoms with Crippen LogP contribution in [0, 0.1) is 0 Å². The van der Waals surface area contributed by atoms with Gasteiger partial charge in [0.2, 0.25) is 0 Å². The number of rotatable bonds is 9. The molecule has 1 fully saturated rings. The third-order valence-corrected chi connectivity index (χ3v) is 6.43. The second-order valence-corrected chi connectivity index (χ2v) is 9.54. The van der Waals surface area contributed by atoms with Gasteiger partial charge in [-0.05, 0) is 49.7 Å². The van der Waals surface area contributed by atoms with Gasteiger partial charge in [-0.3, -0.25) is 4.57 Å². The standard InChI is InChI=1S/C25H35N7O4/c1-15(2)16-5-7-17(8-6-16)30-25(35)28-10-4-12-31(3)13-19-21(33)22(34)24(36-19)32-14-29-20-18(26)9-11-27-23(20)32/h5-9,11,14-15,19,21-22,24,33-34H,4,10,12-13H2,1-3H3,(H2,26,27)(H2,28,30,35)/t19-,21-,22-,24-/m1/s1. The lowest BCUT2D eigenvalue weighted by Crippen LogP contribution is -2.39. The van der Waals surface area contributed by atoms with Crippen LogP contribution in [-0.2, 0) is 4.74 Å². The molecule has 3 aromatic rings. The van der Waals surface area contributed by atoms with Crippen LogP contribution in [0.5, 0.6) is 0 Å². The SMILES string of the molecule is CC(C)c1ccc(NC(=O)NCCCN(C)C[C@H]2O[C@@H](n3cnc4c(N)ccnc43)[C@H](O)[C@@H]2O)cc1. The van der Waals surface area contributed by atoms with Crippen LogP contribution in [-0.4, -0.2) is 80.7 Å². The van der Waals surface area contributed by atoms with E-state index in [1.54, 1.807) is 16.8 Å². The van der Waals surface area contributed by atoms with Crippen molar-refractivity contribution in [1.82, 2.24) is 24.8 Å². The zero-order valence-corrected chi connectivity index (χ0v) is 20.8. The molecule has 0 radical (unpaired) electrons. The highest BCUT2D eigenvalue weighted by Gasteiger charge is 2.44. The smallest absolute Gasteiger partial charge is 0.319 e. The minimum atomic E-state index is -1.14. The summed E-state index contributed by atoms with van der Waals surface area (Å²) in [6.07, 6.45) is 0.161. The highest BCUT2D eigenvalue weighted by Crippen LogP contribution is 2.32. The number of urea groups is 1. The van der Waals surface area contributed by atoms with Crippen molar-refractivity contribution < 1.29 is 19.7 Å². The Hall–Kier alpha value is -3.25. The number of aliphatic hydroxyl groups excluding tert-OH is 2. The van der Waals surface area contributed by atoms with Gasteiger partial charge in [0.15, 0.2) is 11.9 Å². The zero-order valence-electron chi connectivity index (χ0n) is 20.8. The molecule has 0 aliphatic carbocycles. The Morgan fingerprint density at radius 2 is 1.94 bits per heavy atom. The molecule has 0 unspecified atom stereocenters. The highest BCUT2D eigenvalue weighted by atomic mass is 16.6. The van der Waals surface area contributed by atoms with E-state index in [-0.39, 0.29) is 6.03 Å². The Kier molecular flexibility index (Phi) is 8.04. The third-order valence-electron chi connectivity index (χ3n) is 6.43. The summed E-state index contributed by atoms with van der Waals surface area (Å²) in [5.74, 6) is 0.442. The number of benzene rings is 1. The van der Waals surface area contributed by atoms with Crippen molar-refractivity contribution in [1.29, 1.82) is 0 Å². The molecule has 194 valence electrons. The van der Waals surface area contributed by atoms with Crippen LogP contribution >= 0.6 is 0 Å². The van der Waals surface area contributed by atoms with Gasteiger partial charge in [-0.15, -0.1) is 0 Å². The van der Waals surface area contributed by atoms with Gasteiger partial charge in [0.05, 0.1) is 12.0 Å². The summed E-state index contributed by atoms with van der Waals surface area (Å²) >= 11 is 0. The number of likely N-dealkylation sites (N-methyl/N-ethyl adjacent to an activating group) is 1. The first kappa shape index (κ1) is 25.8. The first-order valence-electron chi connectivity index (χ1n) is 12.2. The minimum absolute atomic E-state index is 0.253. The molecular formula is C25H35N7O4. The van der Waals surface area contributed by atoms with Gasteiger partial charge in [-0.25, -0.2) is 14.8 Å². The van der Waals surface area contributed by atoms with E-state index in [0.717, 1.165) is 5.69 Å². The lowest BCUT2D eigenvalue weighted by Gasteiger charge is -2.22. The summed E-state index contributed by atoms with van der Waals surface area (Å²) in [4.78, 5) is 22.7. The fourth-order valence-corrected chi connectivity index (χ4v) is 4.33. The van der Waals surface area contributed by atoms with Gasteiger partial charge in [-0.2, -0.15) is 0 Å². The number of pyridine rings is 1. The highest BCUT2D eigenvalue weighted by molar-refractivity contribution is 5.89. The maximum absolute atomic E-state index is 12.2. The van der Waals surface area contributed by atoms with E-state index in [4.69, 9.17) is 10.5 Å². The van der Waals surface area contributed by atoms with Crippen LogP contribution in [0.1, 0.15) is 38.0 Å². The summed E-state index contributed by atoms with van der Waals surface area (Å²) in [7, 11) is 1.90. The van der Waals surface area contributed by atoms with E-state index in [0.29, 0.717) is 48.8 Å². The first-order valence-corrected chi connectivity index (χ1v) is 12.2. The average Bonchev–Trinajstić information content (AvgIpc) is 3.39. The number of amides is 2. The van der Waals surface area contributed by atoms with E-state index >= 15 is 0 Å². The van der Waals surface area contributed by atoms with E-state index < -0.39 is 24.5 Å². The summed E-state index contributed by atoms with van der Waals surface area (Å²) in [6.45, 7) is 5.82. The third kappa shape index (κ3) is 5.76. The maximum atomic E-state index is 12.2. The maximum Gasteiger partial charge on any atom is 0.319 e. The molecular weight excluding hydrogens is 462 g/mol. The van der Waals surface area contributed by atoms with Crippen molar-refractivity contribution in [3.8, 4) is 0 Å². The van der Waals surface area contributed by atoms with Crippen LogP contribution < -0.4 is 16.4 Å². The number of hydrogen-bond acceptors (Lipinski definition) is 8. The Labute approximate surface area is 210 Å². The number of carbonyl (C=O) groups is 1. The fourth-order valence-electron chi connectivity index (χ4n) is 4.33. The van der Waals surface area contributed by atoms with Crippen LogP contribution in [0.3, 0.4) is 0 Å². The van der Waals surface area contributed by atoms with Gasteiger partial charge in [-0.1, -0.05) is 26.0 Å². The number of nitrogen functional groups attached to an aromatic ring is 1. The molecule has 2 amide bonds. The molecule has 0 spiro atoms. The second kappa shape index (κ2) is 11.2. The molecule has 0 saturated carbocycles. The lowest BCUT2D eigenvalue weighted by atomic mass is 10.0. The molecule has 6 N–H and O–H groups in total. The van der Waals surface area contributed by atoms with Gasteiger partial charge in [0.25, 0.3) is 0 Å². The predicted molar refractivity (Wildman–Crippen MR) is 138 cm³/mol. The van der Waals surface area contributed by atoms with Gasteiger partial charge < -0.3 is 36.2 Å². The molecule has 1 saturated heterocycles. The van der Waals surface area contributed by atoms with E-state index in [1.807, 2.05) is 36.2 Å². The molecule has 3 heterocycles. The minimum Gasteiger partial charge on any atom is -0.397 e. The largest absolute Gasteiger partial charge is 0.397 e. The number of imidazole rings is 1. The summed E-state index contributed by atoms with van der Waals surface area (Å²) in [5.41, 5.74) is 9.41. The quantitative estimate of drug-likeness (QED) is 0.281. The van der Waals surface area contributed by atoms with Crippen molar-refractivity contribution in [3.05, 3.63) is 48.4 Å².